The predicted octanol–water partition coefficient (Wildman–Crippen LogP) is -2.23. The van der Waals surface area contributed by atoms with Crippen molar-refractivity contribution in [1.82, 2.24) is 14.9 Å². The van der Waals surface area contributed by atoms with E-state index in [4.69, 9.17) is 9.84 Å². The number of aromatic amines is 1. The van der Waals surface area contributed by atoms with Crippen molar-refractivity contribution >= 4 is 0 Å². The highest BCUT2D eigenvalue weighted by Crippen LogP contribution is 2.37. The first kappa shape index (κ1) is 9.76. The zero-order valence-corrected chi connectivity index (χ0v) is 8.29. The number of aliphatic hydroxyl groups is 1. The van der Waals surface area contributed by atoms with Gasteiger partial charge in [0.1, 0.15) is 6.10 Å². The number of aromatic nitrogens is 2. The molecule has 2 aliphatic rings. The maximum atomic E-state index is 11.5. The number of nitrogens with zero attached hydrogens (tertiary/aromatic N) is 1. The highest BCUT2D eigenvalue weighted by molar-refractivity contribution is 5.11. The fraction of sp³-hybridized carbons (Fsp3) is 0.556. The van der Waals surface area contributed by atoms with Crippen LogP contribution >= 0.6 is 0 Å². The molecule has 0 radical (unpaired) electrons. The highest BCUT2D eigenvalue weighted by Gasteiger charge is 2.56. The van der Waals surface area contributed by atoms with E-state index in [0.29, 0.717) is 0 Å². The van der Waals surface area contributed by atoms with Crippen LogP contribution < -0.4 is 16.6 Å². The molecule has 2 aliphatic heterocycles. The van der Waals surface area contributed by atoms with Crippen LogP contribution in [-0.4, -0.2) is 39.5 Å². The molecule has 1 aromatic heterocycles. The smallest absolute Gasteiger partial charge is 0.330 e. The van der Waals surface area contributed by atoms with Crippen LogP contribution in [0.1, 0.15) is 6.23 Å². The first-order valence-corrected chi connectivity index (χ1v) is 5.04. The van der Waals surface area contributed by atoms with E-state index in [1.54, 1.807) is 0 Å². The molecule has 7 heteroatoms. The Morgan fingerprint density at radius 1 is 1.44 bits per heavy atom. The van der Waals surface area contributed by atoms with Crippen LogP contribution in [0, 0.1) is 0 Å². The maximum Gasteiger partial charge on any atom is 0.330 e. The average Bonchev–Trinajstić information content (AvgIpc) is 2.96. The Morgan fingerprint density at radius 2 is 2.25 bits per heavy atom. The van der Waals surface area contributed by atoms with E-state index in [1.165, 1.54) is 16.8 Å². The van der Waals surface area contributed by atoms with E-state index < -0.39 is 17.5 Å². The standard InChI is InChI=1S/C9H11N3O4/c13-3-4-6-7(11-6)8(16-4)12-2-1-5(14)10-9(12)15/h1-2,4,6-8,11,13H,3H2,(H,10,14,15)/t4-,6-,7-,8-/m1/s1. The lowest BCUT2D eigenvalue weighted by molar-refractivity contribution is -0.0446. The molecule has 0 amide bonds. The zero-order chi connectivity index (χ0) is 11.3. The molecule has 0 aliphatic carbocycles. The number of morpholine rings is 1. The van der Waals surface area contributed by atoms with Crippen molar-refractivity contribution in [2.45, 2.75) is 24.4 Å². The normalized spacial score (nSPS) is 36.1. The van der Waals surface area contributed by atoms with Gasteiger partial charge in [0.15, 0.2) is 6.23 Å². The Hall–Kier alpha value is -1.44. The summed E-state index contributed by atoms with van der Waals surface area (Å²) in [5, 5.41) is 12.2. The van der Waals surface area contributed by atoms with Crippen molar-refractivity contribution in [3.8, 4) is 0 Å². The van der Waals surface area contributed by atoms with E-state index in [9.17, 15) is 9.59 Å². The highest BCUT2D eigenvalue weighted by atomic mass is 16.5. The molecule has 16 heavy (non-hydrogen) atoms. The Labute approximate surface area is 89.7 Å². The number of nitrogens with one attached hydrogen (secondary N) is 2. The van der Waals surface area contributed by atoms with Crippen molar-refractivity contribution < 1.29 is 9.84 Å². The molecular formula is C9H11N3O4. The summed E-state index contributed by atoms with van der Waals surface area (Å²) in [6.45, 7) is -0.0806. The van der Waals surface area contributed by atoms with Gasteiger partial charge in [0.05, 0.1) is 18.7 Å². The second-order valence-electron chi connectivity index (χ2n) is 3.98. The van der Waals surface area contributed by atoms with Gasteiger partial charge in [0.2, 0.25) is 0 Å². The molecule has 0 spiro atoms. The van der Waals surface area contributed by atoms with Crippen LogP contribution in [-0.2, 0) is 4.74 Å². The number of rotatable bonds is 2. The van der Waals surface area contributed by atoms with Gasteiger partial charge in [-0.05, 0) is 0 Å². The lowest BCUT2D eigenvalue weighted by Crippen LogP contribution is -2.35. The van der Waals surface area contributed by atoms with Crippen molar-refractivity contribution in [1.29, 1.82) is 0 Å². The molecule has 0 saturated carbocycles. The molecule has 2 fully saturated rings. The SMILES string of the molecule is O=c1ccn([C@@H]2O[C@H](CO)[C@H]3N[C@H]32)c(=O)[nH]1. The molecule has 86 valence electrons. The van der Waals surface area contributed by atoms with E-state index in [-0.39, 0.29) is 24.8 Å². The molecule has 0 unspecified atom stereocenters. The Morgan fingerprint density at radius 3 is 2.88 bits per heavy atom. The van der Waals surface area contributed by atoms with E-state index >= 15 is 0 Å². The lowest BCUT2D eigenvalue weighted by Gasteiger charge is -2.18. The van der Waals surface area contributed by atoms with Gasteiger partial charge in [0, 0.05) is 12.3 Å². The van der Waals surface area contributed by atoms with Crippen LogP contribution in [0.3, 0.4) is 0 Å². The number of hydrogen-bond donors (Lipinski definition) is 3. The van der Waals surface area contributed by atoms with E-state index in [2.05, 4.69) is 10.3 Å². The number of hydrogen-bond acceptors (Lipinski definition) is 5. The zero-order valence-electron chi connectivity index (χ0n) is 8.29. The van der Waals surface area contributed by atoms with Gasteiger partial charge >= 0.3 is 5.69 Å². The summed E-state index contributed by atoms with van der Waals surface area (Å²) in [5.74, 6) is 0. The van der Waals surface area contributed by atoms with Crippen LogP contribution in [0.15, 0.2) is 21.9 Å². The average molecular weight is 225 g/mol. The summed E-state index contributed by atoms with van der Waals surface area (Å²) in [7, 11) is 0. The monoisotopic (exact) mass is 225 g/mol. The largest absolute Gasteiger partial charge is 0.394 e. The van der Waals surface area contributed by atoms with Crippen molar-refractivity contribution in [3.63, 3.8) is 0 Å². The molecule has 3 N–H and O–H groups in total. The Balaban J connectivity index is 1.94. The van der Waals surface area contributed by atoms with Gasteiger partial charge in [-0.3, -0.25) is 14.3 Å². The number of H-pyrrole nitrogens is 1. The molecule has 0 aromatic carbocycles. The van der Waals surface area contributed by atoms with Crippen LogP contribution in [0.2, 0.25) is 0 Å². The summed E-state index contributed by atoms with van der Waals surface area (Å²) in [6, 6.07) is 1.42. The maximum absolute atomic E-state index is 11.5. The summed E-state index contributed by atoms with van der Waals surface area (Å²) < 4.78 is 6.84. The van der Waals surface area contributed by atoms with Gasteiger partial charge in [-0.1, -0.05) is 0 Å². The summed E-state index contributed by atoms with van der Waals surface area (Å²) in [6.07, 6.45) is 0.670. The van der Waals surface area contributed by atoms with Crippen LogP contribution in [0.25, 0.3) is 0 Å². The van der Waals surface area contributed by atoms with Gasteiger partial charge < -0.3 is 15.2 Å². The molecule has 1 aromatic rings. The van der Waals surface area contributed by atoms with Crippen molar-refractivity contribution in [2.24, 2.45) is 0 Å². The van der Waals surface area contributed by atoms with Crippen LogP contribution in [0.5, 0.6) is 0 Å². The Bertz CT molecular complexity index is 522. The van der Waals surface area contributed by atoms with Gasteiger partial charge in [0.25, 0.3) is 5.56 Å². The second-order valence-corrected chi connectivity index (χ2v) is 3.98. The molecule has 3 heterocycles. The van der Waals surface area contributed by atoms with Gasteiger partial charge in [-0.15, -0.1) is 0 Å². The summed E-state index contributed by atoms with van der Waals surface area (Å²) >= 11 is 0. The number of aliphatic hydroxyl groups excluding tert-OH is 1. The lowest BCUT2D eigenvalue weighted by atomic mass is 10.2. The predicted molar refractivity (Wildman–Crippen MR) is 53.0 cm³/mol. The van der Waals surface area contributed by atoms with Gasteiger partial charge in [-0.25, -0.2) is 4.79 Å². The third-order valence-electron chi connectivity index (χ3n) is 2.99. The number of ether oxygens (including phenoxy) is 1. The molecular weight excluding hydrogens is 214 g/mol. The van der Waals surface area contributed by atoms with E-state index in [0.717, 1.165) is 0 Å². The first-order chi connectivity index (χ1) is 7.70. The minimum atomic E-state index is -0.497. The van der Waals surface area contributed by atoms with Crippen molar-refractivity contribution in [3.05, 3.63) is 33.1 Å². The fourth-order valence-corrected chi connectivity index (χ4v) is 2.14. The fourth-order valence-electron chi connectivity index (χ4n) is 2.14. The quantitative estimate of drug-likeness (QED) is 0.494. The van der Waals surface area contributed by atoms with Crippen LogP contribution in [0.4, 0.5) is 0 Å². The summed E-state index contributed by atoms with van der Waals surface area (Å²) in [5.41, 5.74) is -0.929. The second kappa shape index (κ2) is 3.27. The van der Waals surface area contributed by atoms with Crippen molar-refractivity contribution in [2.75, 3.05) is 6.61 Å². The molecule has 0 bridgehead atoms. The minimum absolute atomic E-state index is 0.0424. The molecule has 4 atom stereocenters. The number of fused-ring (bicyclic) bond motifs is 1. The van der Waals surface area contributed by atoms with E-state index in [1.807, 2.05) is 0 Å². The minimum Gasteiger partial charge on any atom is -0.394 e. The van der Waals surface area contributed by atoms with Gasteiger partial charge in [-0.2, -0.15) is 0 Å². The Kier molecular flexibility index (Phi) is 2.00. The topological polar surface area (TPSA) is 106 Å². The molecule has 2 saturated heterocycles. The molecule has 3 rings (SSSR count). The third kappa shape index (κ3) is 1.33. The summed E-state index contributed by atoms with van der Waals surface area (Å²) in [4.78, 5) is 24.6. The molecule has 7 nitrogen and oxygen atoms in total. The third-order valence-corrected chi connectivity index (χ3v) is 2.99. The first-order valence-electron chi connectivity index (χ1n) is 5.04.